The van der Waals surface area contributed by atoms with Gasteiger partial charge in [-0.3, -0.25) is 0 Å². The Bertz CT molecular complexity index is 358. The minimum atomic E-state index is -0.0129. The first-order chi connectivity index (χ1) is 7.45. The third kappa shape index (κ3) is 5.16. The van der Waals surface area contributed by atoms with Crippen LogP contribution in [0.3, 0.4) is 0 Å². The van der Waals surface area contributed by atoms with Crippen molar-refractivity contribution in [3.05, 3.63) is 60.7 Å². The molecule has 2 aromatic rings. The van der Waals surface area contributed by atoms with Crippen molar-refractivity contribution in [2.75, 3.05) is 0 Å². The average molecular weight is 248 g/mol. The quantitative estimate of drug-likeness (QED) is 0.814. The standard InChI is InChI=1S/C12H10O2Si.2H3N/c1-3-7-11(8-4-1)13-15-14-12-9-5-2-6-10-12;;/h1-10H;2*1H3. The fourth-order valence-corrected chi connectivity index (χ4v) is 1.60. The highest BCUT2D eigenvalue weighted by molar-refractivity contribution is 6.20. The molecule has 0 aromatic heterocycles. The van der Waals surface area contributed by atoms with Crippen molar-refractivity contribution in [1.82, 2.24) is 12.3 Å². The lowest BCUT2D eigenvalue weighted by Crippen LogP contribution is -2.10. The maximum Gasteiger partial charge on any atom is 0.610 e. The van der Waals surface area contributed by atoms with Crippen LogP contribution in [0, 0.1) is 0 Å². The Kier molecular flexibility index (Phi) is 7.45. The molecule has 0 atom stereocenters. The Morgan fingerprint density at radius 3 is 1.29 bits per heavy atom. The van der Waals surface area contributed by atoms with Crippen LogP contribution < -0.4 is 21.2 Å². The highest BCUT2D eigenvalue weighted by Crippen LogP contribution is 2.10. The van der Waals surface area contributed by atoms with Gasteiger partial charge in [0.2, 0.25) is 0 Å². The molecule has 0 amide bonds. The van der Waals surface area contributed by atoms with Crippen LogP contribution in [0.2, 0.25) is 0 Å². The third-order valence-corrected chi connectivity index (χ3v) is 2.44. The minimum Gasteiger partial charge on any atom is -0.508 e. The van der Waals surface area contributed by atoms with E-state index in [1.807, 2.05) is 60.7 Å². The van der Waals surface area contributed by atoms with Crippen molar-refractivity contribution in [2.45, 2.75) is 0 Å². The van der Waals surface area contributed by atoms with E-state index in [0.717, 1.165) is 11.5 Å². The van der Waals surface area contributed by atoms with E-state index >= 15 is 0 Å². The average Bonchev–Trinajstić information content (AvgIpc) is 2.32. The van der Waals surface area contributed by atoms with Crippen LogP contribution in [0.5, 0.6) is 11.5 Å². The zero-order chi connectivity index (χ0) is 10.3. The largest absolute Gasteiger partial charge is 0.610 e. The number of benzene rings is 2. The Hall–Kier alpha value is -1.82. The first-order valence-corrected chi connectivity index (χ1v) is 5.45. The summed E-state index contributed by atoms with van der Waals surface area (Å²) in [6, 6.07) is 19.3. The van der Waals surface area contributed by atoms with Gasteiger partial charge in [0.15, 0.2) is 0 Å². The topological polar surface area (TPSA) is 88.5 Å². The van der Waals surface area contributed by atoms with Crippen LogP contribution in [0.1, 0.15) is 0 Å². The van der Waals surface area contributed by atoms with Crippen LogP contribution in [-0.4, -0.2) is 10.0 Å². The molecular weight excluding hydrogens is 232 g/mol. The van der Waals surface area contributed by atoms with E-state index in [4.69, 9.17) is 8.85 Å². The van der Waals surface area contributed by atoms with Gasteiger partial charge in [-0.05, 0) is 24.3 Å². The summed E-state index contributed by atoms with van der Waals surface area (Å²) in [7, 11) is -0.0129. The van der Waals surface area contributed by atoms with Gasteiger partial charge >= 0.3 is 10.0 Å². The van der Waals surface area contributed by atoms with Crippen LogP contribution in [0.4, 0.5) is 0 Å². The summed E-state index contributed by atoms with van der Waals surface area (Å²) < 4.78 is 10.8. The van der Waals surface area contributed by atoms with E-state index in [1.165, 1.54) is 0 Å². The second-order valence-corrected chi connectivity index (χ2v) is 3.49. The smallest absolute Gasteiger partial charge is 0.508 e. The zero-order valence-corrected chi connectivity index (χ0v) is 10.5. The number of para-hydroxylation sites is 2. The Morgan fingerprint density at radius 2 is 0.941 bits per heavy atom. The van der Waals surface area contributed by atoms with E-state index in [-0.39, 0.29) is 22.3 Å². The Labute approximate surface area is 104 Å². The molecule has 2 aromatic carbocycles. The van der Waals surface area contributed by atoms with Crippen molar-refractivity contribution in [3.8, 4) is 11.5 Å². The van der Waals surface area contributed by atoms with Crippen LogP contribution in [-0.2, 0) is 0 Å². The van der Waals surface area contributed by atoms with E-state index in [2.05, 4.69) is 0 Å². The lowest BCUT2D eigenvalue weighted by molar-refractivity contribution is 0.459. The van der Waals surface area contributed by atoms with Gasteiger partial charge < -0.3 is 21.2 Å². The predicted molar refractivity (Wildman–Crippen MR) is 69.9 cm³/mol. The Balaban J connectivity index is 0.00000128. The van der Waals surface area contributed by atoms with Gasteiger partial charge in [0, 0.05) is 0 Å². The van der Waals surface area contributed by atoms with Gasteiger partial charge in [-0.1, -0.05) is 36.4 Å². The van der Waals surface area contributed by atoms with Gasteiger partial charge in [-0.25, -0.2) is 0 Å². The zero-order valence-electron chi connectivity index (χ0n) is 9.50. The lowest BCUT2D eigenvalue weighted by Gasteiger charge is -2.05. The molecule has 0 fully saturated rings. The summed E-state index contributed by atoms with van der Waals surface area (Å²) in [4.78, 5) is 0. The number of rotatable bonds is 4. The molecule has 5 heteroatoms. The molecular formula is C12H16N2O2Si. The van der Waals surface area contributed by atoms with E-state index in [9.17, 15) is 0 Å². The van der Waals surface area contributed by atoms with Crippen molar-refractivity contribution >= 4 is 10.0 Å². The molecule has 4 nitrogen and oxygen atoms in total. The first kappa shape index (κ1) is 15.2. The second kappa shape index (κ2) is 8.34. The molecule has 2 rings (SSSR count). The molecule has 0 aliphatic rings. The summed E-state index contributed by atoms with van der Waals surface area (Å²) in [5.74, 6) is 1.65. The molecule has 0 bridgehead atoms. The maximum atomic E-state index is 5.42. The summed E-state index contributed by atoms with van der Waals surface area (Å²) in [6.45, 7) is 0. The monoisotopic (exact) mass is 248 g/mol. The summed E-state index contributed by atoms with van der Waals surface area (Å²) in [5.41, 5.74) is 0. The number of hydrogen-bond acceptors (Lipinski definition) is 4. The molecule has 0 aliphatic carbocycles. The molecule has 0 spiro atoms. The van der Waals surface area contributed by atoms with E-state index in [0.29, 0.717) is 0 Å². The van der Waals surface area contributed by atoms with Gasteiger partial charge in [0.1, 0.15) is 11.5 Å². The van der Waals surface area contributed by atoms with Crippen molar-refractivity contribution in [1.29, 1.82) is 0 Å². The van der Waals surface area contributed by atoms with E-state index in [1.54, 1.807) is 0 Å². The fourth-order valence-electron chi connectivity index (χ4n) is 1.09. The minimum absolute atomic E-state index is 0. The molecule has 90 valence electrons. The van der Waals surface area contributed by atoms with Crippen molar-refractivity contribution < 1.29 is 8.85 Å². The summed E-state index contributed by atoms with van der Waals surface area (Å²) in [5, 5.41) is 0. The molecule has 0 aliphatic heterocycles. The van der Waals surface area contributed by atoms with Gasteiger partial charge in [0.25, 0.3) is 0 Å². The fraction of sp³-hybridized carbons (Fsp3) is 0. The van der Waals surface area contributed by atoms with Gasteiger partial charge in [0.05, 0.1) is 0 Å². The molecule has 17 heavy (non-hydrogen) atoms. The first-order valence-electron chi connectivity index (χ1n) is 4.64. The molecule has 2 radical (unpaired) electrons. The van der Waals surface area contributed by atoms with E-state index < -0.39 is 0 Å². The second-order valence-electron chi connectivity index (χ2n) is 2.91. The molecule has 0 saturated heterocycles. The predicted octanol–water partition coefficient (Wildman–Crippen LogP) is 3.00. The summed E-state index contributed by atoms with van der Waals surface area (Å²) >= 11 is 0. The van der Waals surface area contributed by atoms with Gasteiger partial charge in [-0.15, -0.1) is 0 Å². The van der Waals surface area contributed by atoms with Crippen LogP contribution in [0.25, 0.3) is 0 Å². The SMILES string of the molecule is N.N.c1ccc(O[Si]Oc2ccccc2)cc1. The normalized spacial score (nSPS) is 8.47. The van der Waals surface area contributed by atoms with Gasteiger partial charge in [-0.2, -0.15) is 0 Å². The van der Waals surface area contributed by atoms with Crippen molar-refractivity contribution in [2.24, 2.45) is 0 Å². The van der Waals surface area contributed by atoms with Crippen LogP contribution >= 0.6 is 0 Å². The molecule has 0 heterocycles. The number of hydrogen-bond donors (Lipinski definition) is 2. The highest BCUT2D eigenvalue weighted by atomic mass is 28.3. The lowest BCUT2D eigenvalue weighted by atomic mass is 10.3. The third-order valence-electron chi connectivity index (χ3n) is 1.81. The molecule has 6 N–H and O–H groups in total. The molecule has 0 saturated carbocycles. The highest BCUT2D eigenvalue weighted by Gasteiger charge is 1.98. The maximum absolute atomic E-state index is 5.42. The van der Waals surface area contributed by atoms with Crippen LogP contribution in [0.15, 0.2) is 60.7 Å². The molecule has 0 unspecified atom stereocenters. The van der Waals surface area contributed by atoms with Crippen molar-refractivity contribution in [3.63, 3.8) is 0 Å². The summed E-state index contributed by atoms with van der Waals surface area (Å²) in [6.07, 6.45) is 0. The Morgan fingerprint density at radius 1 is 0.588 bits per heavy atom.